The molecule has 0 bridgehead atoms. The fourth-order valence-electron chi connectivity index (χ4n) is 1.88. The van der Waals surface area contributed by atoms with Crippen molar-refractivity contribution in [2.45, 2.75) is 39.0 Å². The van der Waals surface area contributed by atoms with Gasteiger partial charge in [0.2, 0.25) is 0 Å². The van der Waals surface area contributed by atoms with Crippen molar-refractivity contribution in [1.29, 1.82) is 0 Å². The van der Waals surface area contributed by atoms with Crippen LogP contribution in [0.1, 0.15) is 39.0 Å². The van der Waals surface area contributed by atoms with E-state index >= 15 is 0 Å². The minimum absolute atomic E-state index is 0.124. The van der Waals surface area contributed by atoms with Gasteiger partial charge in [0.05, 0.1) is 6.42 Å². The molecule has 0 amide bonds. The molecule has 0 aliphatic heterocycles. The number of hydrogen-bond acceptors (Lipinski definition) is 2. The summed E-state index contributed by atoms with van der Waals surface area (Å²) < 4.78 is 0. The van der Waals surface area contributed by atoms with Crippen molar-refractivity contribution in [3.8, 4) is 0 Å². The van der Waals surface area contributed by atoms with Crippen LogP contribution in [0.25, 0.3) is 0 Å². The van der Waals surface area contributed by atoms with Crippen LogP contribution in [-0.4, -0.2) is 16.9 Å². The fourth-order valence-corrected chi connectivity index (χ4v) is 1.88. The maximum absolute atomic E-state index is 11.1. The molecule has 3 heteroatoms. The van der Waals surface area contributed by atoms with Gasteiger partial charge in [-0.25, -0.2) is 0 Å². The van der Waals surface area contributed by atoms with E-state index in [1.54, 1.807) is 0 Å². The molecule has 1 aliphatic rings. The van der Waals surface area contributed by atoms with E-state index in [1.807, 2.05) is 6.92 Å². The Balaban J connectivity index is 2.57. The zero-order valence-electron chi connectivity index (χ0n) is 7.30. The van der Waals surface area contributed by atoms with Gasteiger partial charge in [-0.05, 0) is 18.3 Å². The predicted octanol–water partition coefficient (Wildman–Crippen LogP) is 1.61. The van der Waals surface area contributed by atoms with Gasteiger partial charge in [-0.3, -0.25) is 9.59 Å². The van der Waals surface area contributed by atoms with Gasteiger partial charge < -0.3 is 5.11 Å². The maximum Gasteiger partial charge on any atom is 0.303 e. The van der Waals surface area contributed by atoms with Crippen LogP contribution in [0, 0.1) is 5.41 Å². The molecule has 1 N–H and O–H groups in total. The first-order chi connectivity index (χ1) is 5.52. The summed E-state index contributed by atoms with van der Waals surface area (Å²) in [6.45, 7) is 1.89. The van der Waals surface area contributed by atoms with Crippen molar-refractivity contribution in [2.24, 2.45) is 5.41 Å². The van der Waals surface area contributed by atoms with E-state index < -0.39 is 5.97 Å². The highest BCUT2D eigenvalue weighted by Crippen LogP contribution is 2.36. The molecule has 0 spiro atoms. The second kappa shape index (κ2) is 3.25. The molecule has 0 saturated heterocycles. The number of hydrogen-bond donors (Lipinski definition) is 1. The number of rotatable bonds is 2. The molecule has 1 aliphatic carbocycles. The van der Waals surface area contributed by atoms with Crippen molar-refractivity contribution in [3.05, 3.63) is 0 Å². The Morgan fingerprint density at radius 3 is 2.83 bits per heavy atom. The van der Waals surface area contributed by atoms with Gasteiger partial charge >= 0.3 is 5.97 Å². The number of carboxylic acid groups (broad SMARTS) is 1. The van der Waals surface area contributed by atoms with E-state index in [1.165, 1.54) is 0 Å². The van der Waals surface area contributed by atoms with Gasteiger partial charge in [0.15, 0.2) is 0 Å². The minimum Gasteiger partial charge on any atom is -0.481 e. The van der Waals surface area contributed by atoms with Crippen molar-refractivity contribution in [2.75, 3.05) is 0 Å². The van der Waals surface area contributed by atoms with Gasteiger partial charge in [0.1, 0.15) is 5.78 Å². The SMILES string of the molecule is C[C@@]1(CC(=O)O)CCCC(=O)C1. The normalized spacial score (nSPS) is 30.2. The fraction of sp³-hybridized carbons (Fsp3) is 0.778. The molecule has 1 rings (SSSR count). The van der Waals surface area contributed by atoms with Crippen molar-refractivity contribution >= 4 is 11.8 Å². The van der Waals surface area contributed by atoms with E-state index in [-0.39, 0.29) is 17.6 Å². The molecular weight excluding hydrogens is 156 g/mol. The highest BCUT2D eigenvalue weighted by atomic mass is 16.4. The van der Waals surface area contributed by atoms with E-state index in [9.17, 15) is 9.59 Å². The average Bonchev–Trinajstić information content (AvgIpc) is 1.82. The molecule has 68 valence electrons. The van der Waals surface area contributed by atoms with Crippen LogP contribution >= 0.6 is 0 Å². The summed E-state index contributed by atoms with van der Waals surface area (Å²) in [5, 5.41) is 8.61. The quantitative estimate of drug-likeness (QED) is 0.685. The highest BCUT2D eigenvalue weighted by molar-refractivity contribution is 5.80. The van der Waals surface area contributed by atoms with Gasteiger partial charge in [0, 0.05) is 12.8 Å². The van der Waals surface area contributed by atoms with Crippen molar-refractivity contribution in [1.82, 2.24) is 0 Å². The summed E-state index contributed by atoms with van der Waals surface area (Å²) in [4.78, 5) is 21.5. The third-order valence-electron chi connectivity index (χ3n) is 2.44. The second-order valence-corrected chi connectivity index (χ2v) is 3.95. The topological polar surface area (TPSA) is 54.4 Å². The molecule has 1 saturated carbocycles. The van der Waals surface area contributed by atoms with Crippen molar-refractivity contribution < 1.29 is 14.7 Å². The minimum atomic E-state index is -0.799. The summed E-state index contributed by atoms with van der Waals surface area (Å²) in [6.07, 6.45) is 2.92. The maximum atomic E-state index is 11.1. The molecule has 0 radical (unpaired) electrons. The lowest BCUT2D eigenvalue weighted by Crippen LogP contribution is -2.28. The molecule has 1 fully saturated rings. The predicted molar refractivity (Wildman–Crippen MR) is 43.8 cm³/mol. The zero-order chi connectivity index (χ0) is 9.19. The van der Waals surface area contributed by atoms with E-state index in [2.05, 4.69) is 0 Å². The summed E-state index contributed by atoms with van der Waals surface area (Å²) in [5.41, 5.74) is -0.277. The van der Waals surface area contributed by atoms with E-state index in [0.717, 1.165) is 12.8 Å². The first kappa shape index (κ1) is 9.23. The average molecular weight is 170 g/mol. The molecule has 0 aromatic rings. The van der Waals surface area contributed by atoms with Crippen LogP contribution in [0.3, 0.4) is 0 Å². The Morgan fingerprint density at radius 1 is 1.67 bits per heavy atom. The molecule has 0 unspecified atom stereocenters. The van der Waals surface area contributed by atoms with Crippen LogP contribution in [0.15, 0.2) is 0 Å². The summed E-state index contributed by atoms with van der Waals surface area (Å²) in [5.74, 6) is -0.586. The molecule has 0 aromatic heterocycles. The smallest absolute Gasteiger partial charge is 0.303 e. The lowest BCUT2D eigenvalue weighted by Gasteiger charge is -2.30. The van der Waals surface area contributed by atoms with Crippen LogP contribution in [-0.2, 0) is 9.59 Å². The van der Waals surface area contributed by atoms with Gasteiger partial charge in [-0.1, -0.05) is 6.92 Å². The van der Waals surface area contributed by atoms with Gasteiger partial charge in [-0.2, -0.15) is 0 Å². The number of ketones is 1. The highest BCUT2D eigenvalue weighted by Gasteiger charge is 2.32. The molecule has 3 nitrogen and oxygen atoms in total. The zero-order valence-corrected chi connectivity index (χ0v) is 7.30. The Morgan fingerprint density at radius 2 is 2.33 bits per heavy atom. The number of carbonyl (C=O) groups excluding carboxylic acids is 1. The third kappa shape index (κ3) is 2.32. The molecule has 0 heterocycles. The van der Waals surface area contributed by atoms with Gasteiger partial charge in [0.25, 0.3) is 0 Å². The Hall–Kier alpha value is -0.860. The molecule has 1 atom stereocenters. The number of carbonyl (C=O) groups is 2. The molecular formula is C9H14O3. The lowest BCUT2D eigenvalue weighted by atomic mass is 9.73. The standard InChI is InChI=1S/C9H14O3/c1-9(6-8(11)12)4-2-3-7(10)5-9/h2-6H2,1H3,(H,11,12)/t9-/m1/s1. The largest absolute Gasteiger partial charge is 0.481 e. The first-order valence-electron chi connectivity index (χ1n) is 4.25. The van der Waals surface area contributed by atoms with Crippen LogP contribution < -0.4 is 0 Å². The number of carboxylic acids is 1. The second-order valence-electron chi connectivity index (χ2n) is 3.95. The molecule has 0 aromatic carbocycles. The van der Waals surface area contributed by atoms with Gasteiger partial charge in [-0.15, -0.1) is 0 Å². The number of Topliss-reactive ketones (excluding diaryl/α,β-unsaturated/α-hetero) is 1. The summed E-state index contributed by atoms with van der Waals surface area (Å²) in [7, 11) is 0. The van der Waals surface area contributed by atoms with Crippen LogP contribution in [0.5, 0.6) is 0 Å². The van der Waals surface area contributed by atoms with Crippen LogP contribution in [0.4, 0.5) is 0 Å². The Kier molecular flexibility index (Phi) is 2.50. The monoisotopic (exact) mass is 170 g/mol. The molecule has 12 heavy (non-hydrogen) atoms. The van der Waals surface area contributed by atoms with Crippen LogP contribution in [0.2, 0.25) is 0 Å². The Bertz CT molecular complexity index is 206. The van der Waals surface area contributed by atoms with E-state index in [4.69, 9.17) is 5.11 Å². The van der Waals surface area contributed by atoms with Crippen molar-refractivity contribution in [3.63, 3.8) is 0 Å². The number of aliphatic carboxylic acids is 1. The lowest BCUT2D eigenvalue weighted by molar-refractivity contribution is -0.140. The van der Waals surface area contributed by atoms with E-state index in [0.29, 0.717) is 12.8 Å². The summed E-state index contributed by atoms with van der Waals surface area (Å²) >= 11 is 0. The summed E-state index contributed by atoms with van der Waals surface area (Å²) in [6, 6.07) is 0. The first-order valence-corrected chi connectivity index (χ1v) is 4.25. The third-order valence-corrected chi connectivity index (χ3v) is 2.44. The Labute approximate surface area is 71.8 Å².